The number of benzene rings is 6. The number of hydrogen-bond acceptors (Lipinski definition) is 4. The minimum atomic E-state index is -0.400. The number of hydrogen-bond donors (Lipinski definition) is 0. The van der Waals surface area contributed by atoms with Gasteiger partial charge in [0.2, 0.25) is 0 Å². The predicted molar refractivity (Wildman–Crippen MR) is 202 cm³/mol. The van der Waals surface area contributed by atoms with Gasteiger partial charge in [0, 0.05) is 16.7 Å². The highest BCUT2D eigenvalue weighted by Gasteiger charge is 2.51. The molecule has 1 saturated heterocycles. The summed E-state index contributed by atoms with van der Waals surface area (Å²) in [6.07, 6.45) is 0. The standard InChI is InChI=1S/C44H37BN2O2/c1-43(2)44(3,4)49-45(48-43)39-26-25-36-27-38(24-23-37(36)28-39)41-29-40(34-19-15-32(16-20-34)30-11-7-5-8-12-30)46-42(47-41)35-21-17-33(18-22-35)31-13-9-6-10-14-31/h5-29H,1-4H3. The van der Waals surface area contributed by atoms with E-state index in [9.17, 15) is 0 Å². The van der Waals surface area contributed by atoms with E-state index < -0.39 is 7.12 Å². The maximum Gasteiger partial charge on any atom is 0.494 e. The first-order valence-electron chi connectivity index (χ1n) is 16.8. The van der Waals surface area contributed by atoms with E-state index in [2.05, 4.69) is 167 Å². The van der Waals surface area contributed by atoms with Gasteiger partial charge in [-0.1, -0.05) is 140 Å². The summed E-state index contributed by atoms with van der Waals surface area (Å²) in [5, 5.41) is 2.25. The Kier molecular flexibility index (Phi) is 7.75. The third-order valence-electron chi connectivity index (χ3n) is 9.95. The average molecular weight is 637 g/mol. The summed E-state index contributed by atoms with van der Waals surface area (Å²) < 4.78 is 12.7. The highest BCUT2D eigenvalue weighted by Crippen LogP contribution is 2.37. The maximum atomic E-state index is 6.33. The molecule has 238 valence electrons. The van der Waals surface area contributed by atoms with E-state index in [0.717, 1.165) is 49.9 Å². The van der Waals surface area contributed by atoms with Crippen molar-refractivity contribution in [2.45, 2.75) is 38.9 Å². The van der Waals surface area contributed by atoms with Crippen LogP contribution in [0.1, 0.15) is 27.7 Å². The quantitative estimate of drug-likeness (QED) is 0.171. The molecule has 0 bridgehead atoms. The van der Waals surface area contributed by atoms with Crippen molar-refractivity contribution in [1.82, 2.24) is 9.97 Å². The molecule has 4 nitrogen and oxygen atoms in total. The molecule has 0 N–H and O–H groups in total. The summed E-state index contributed by atoms with van der Waals surface area (Å²) >= 11 is 0. The van der Waals surface area contributed by atoms with Gasteiger partial charge in [-0.25, -0.2) is 9.97 Å². The van der Waals surface area contributed by atoms with Gasteiger partial charge in [0.1, 0.15) is 0 Å². The molecule has 8 rings (SSSR count). The van der Waals surface area contributed by atoms with E-state index in [4.69, 9.17) is 19.3 Å². The monoisotopic (exact) mass is 636 g/mol. The van der Waals surface area contributed by atoms with Crippen LogP contribution in [0.15, 0.2) is 152 Å². The van der Waals surface area contributed by atoms with Gasteiger partial charge < -0.3 is 9.31 Å². The van der Waals surface area contributed by atoms with Crippen LogP contribution in [-0.4, -0.2) is 28.3 Å². The molecule has 7 aromatic rings. The molecule has 0 spiro atoms. The third kappa shape index (κ3) is 6.08. The molecule has 0 atom stereocenters. The fourth-order valence-corrected chi connectivity index (χ4v) is 6.33. The number of nitrogens with zero attached hydrogens (tertiary/aromatic N) is 2. The molecule has 2 heterocycles. The van der Waals surface area contributed by atoms with Crippen LogP contribution in [0.5, 0.6) is 0 Å². The van der Waals surface area contributed by atoms with Crippen molar-refractivity contribution in [2.24, 2.45) is 0 Å². The minimum absolute atomic E-state index is 0.386. The molecule has 0 amide bonds. The Hall–Kier alpha value is -5.36. The van der Waals surface area contributed by atoms with E-state index in [1.54, 1.807) is 0 Å². The smallest absolute Gasteiger partial charge is 0.399 e. The molecule has 1 fully saturated rings. The fourth-order valence-electron chi connectivity index (χ4n) is 6.33. The largest absolute Gasteiger partial charge is 0.494 e. The van der Waals surface area contributed by atoms with Crippen molar-refractivity contribution >= 4 is 23.4 Å². The van der Waals surface area contributed by atoms with Crippen molar-refractivity contribution in [3.8, 4) is 56.2 Å². The second-order valence-electron chi connectivity index (χ2n) is 13.8. The summed E-state index contributed by atoms with van der Waals surface area (Å²) in [6.45, 7) is 8.33. The van der Waals surface area contributed by atoms with Gasteiger partial charge in [0.05, 0.1) is 22.6 Å². The second kappa shape index (κ2) is 12.3. The zero-order valence-electron chi connectivity index (χ0n) is 28.2. The molecule has 1 aliphatic heterocycles. The Labute approximate surface area is 288 Å². The first-order valence-corrected chi connectivity index (χ1v) is 16.8. The SMILES string of the molecule is CC1(C)OB(c2ccc3cc(-c4cc(-c5ccc(-c6ccccc6)cc5)nc(-c5ccc(-c6ccccc6)cc5)n4)ccc3c2)OC1(C)C. The summed E-state index contributed by atoms with van der Waals surface area (Å²) in [7, 11) is -0.400. The predicted octanol–water partition coefficient (Wildman–Crippen LogP) is 10.3. The number of rotatable bonds is 6. The molecule has 6 aromatic carbocycles. The highest BCUT2D eigenvalue weighted by atomic mass is 16.7. The Morgan fingerprint density at radius 3 is 1.41 bits per heavy atom. The topological polar surface area (TPSA) is 44.2 Å². The molecule has 0 radical (unpaired) electrons. The lowest BCUT2D eigenvalue weighted by atomic mass is 9.78. The van der Waals surface area contributed by atoms with Gasteiger partial charge in [-0.3, -0.25) is 0 Å². The van der Waals surface area contributed by atoms with Crippen LogP contribution in [0, 0.1) is 0 Å². The zero-order valence-corrected chi connectivity index (χ0v) is 28.2. The molecular weight excluding hydrogens is 599 g/mol. The van der Waals surface area contributed by atoms with Crippen LogP contribution < -0.4 is 5.46 Å². The van der Waals surface area contributed by atoms with Crippen molar-refractivity contribution < 1.29 is 9.31 Å². The van der Waals surface area contributed by atoms with Gasteiger partial charge in [0.15, 0.2) is 5.82 Å². The lowest BCUT2D eigenvalue weighted by Crippen LogP contribution is -2.41. The van der Waals surface area contributed by atoms with Crippen LogP contribution in [0.3, 0.4) is 0 Å². The van der Waals surface area contributed by atoms with Crippen molar-refractivity contribution in [1.29, 1.82) is 0 Å². The van der Waals surface area contributed by atoms with E-state index in [-0.39, 0.29) is 11.2 Å². The highest BCUT2D eigenvalue weighted by molar-refractivity contribution is 6.62. The minimum Gasteiger partial charge on any atom is -0.399 e. The van der Waals surface area contributed by atoms with Gasteiger partial charge >= 0.3 is 7.12 Å². The van der Waals surface area contributed by atoms with Crippen molar-refractivity contribution in [2.75, 3.05) is 0 Å². The lowest BCUT2D eigenvalue weighted by molar-refractivity contribution is 0.00578. The average Bonchev–Trinajstić information content (AvgIpc) is 3.37. The lowest BCUT2D eigenvalue weighted by Gasteiger charge is -2.32. The van der Waals surface area contributed by atoms with Crippen LogP contribution in [-0.2, 0) is 9.31 Å². The molecule has 0 saturated carbocycles. The van der Waals surface area contributed by atoms with Gasteiger partial charge in [0.25, 0.3) is 0 Å². The molecule has 1 aliphatic rings. The Morgan fingerprint density at radius 1 is 0.408 bits per heavy atom. The van der Waals surface area contributed by atoms with Crippen LogP contribution in [0.4, 0.5) is 0 Å². The van der Waals surface area contributed by atoms with E-state index in [0.29, 0.717) is 5.82 Å². The third-order valence-corrected chi connectivity index (χ3v) is 9.95. The summed E-state index contributed by atoms with van der Waals surface area (Å²) in [6, 6.07) is 53.0. The summed E-state index contributed by atoms with van der Waals surface area (Å²) in [4.78, 5) is 10.2. The Morgan fingerprint density at radius 2 is 0.837 bits per heavy atom. The van der Waals surface area contributed by atoms with Gasteiger partial charge in [-0.2, -0.15) is 0 Å². The summed E-state index contributed by atoms with van der Waals surface area (Å²) in [5.74, 6) is 0.690. The molecule has 49 heavy (non-hydrogen) atoms. The molecule has 1 aromatic heterocycles. The second-order valence-corrected chi connectivity index (χ2v) is 13.8. The fraction of sp³-hybridized carbons (Fsp3) is 0.136. The van der Waals surface area contributed by atoms with E-state index in [1.807, 2.05) is 12.1 Å². The number of fused-ring (bicyclic) bond motifs is 1. The van der Waals surface area contributed by atoms with Crippen molar-refractivity contribution in [3.63, 3.8) is 0 Å². The number of aromatic nitrogens is 2. The first kappa shape index (κ1) is 30.9. The van der Waals surface area contributed by atoms with Crippen molar-refractivity contribution in [3.05, 3.63) is 152 Å². The van der Waals surface area contributed by atoms with E-state index >= 15 is 0 Å². The normalized spacial score (nSPS) is 15.1. The molecule has 0 aliphatic carbocycles. The Balaban J connectivity index is 1.17. The first-order chi connectivity index (χ1) is 23.7. The van der Waals surface area contributed by atoms with Gasteiger partial charge in [-0.05, 0) is 78.3 Å². The molecular formula is C44H37BN2O2. The van der Waals surface area contributed by atoms with E-state index in [1.165, 1.54) is 16.7 Å². The summed E-state index contributed by atoms with van der Waals surface area (Å²) in [5.41, 5.74) is 9.73. The van der Waals surface area contributed by atoms with Gasteiger partial charge in [-0.15, -0.1) is 0 Å². The molecule has 0 unspecified atom stereocenters. The molecule has 5 heteroatoms. The van der Waals surface area contributed by atoms with Crippen LogP contribution in [0.2, 0.25) is 0 Å². The van der Waals surface area contributed by atoms with Crippen LogP contribution in [0.25, 0.3) is 66.9 Å². The maximum absolute atomic E-state index is 6.33. The zero-order chi connectivity index (χ0) is 33.6. The van der Waals surface area contributed by atoms with Crippen LogP contribution >= 0.6 is 0 Å². The Bertz CT molecular complexity index is 2150.